The van der Waals surface area contributed by atoms with E-state index in [9.17, 15) is 9.59 Å². The first-order chi connectivity index (χ1) is 15.0. The minimum Gasteiger partial charge on any atom is -0.497 e. The number of aryl methyl sites for hydroxylation is 1. The van der Waals surface area contributed by atoms with Crippen molar-refractivity contribution in [2.24, 2.45) is 0 Å². The van der Waals surface area contributed by atoms with Gasteiger partial charge < -0.3 is 15.4 Å². The third kappa shape index (κ3) is 6.83. The largest absolute Gasteiger partial charge is 0.497 e. The Morgan fingerprint density at radius 1 is 1.03 bits per heavy atom. The predicted octanol–water partition coefficient (Wildman–Crippen LogP) is 4.67. The van der Waals surface area contributed by atoms with Crippen molar-refractivity contribution in [2.75, 3.05) is 7.11 Å². The van der Waals surface area contributed by atoms with E-state index in [1.54, 1.807) is 37.5 Å². The molecule has 5 nitrogen and oxygen atoms in total. The van der Waals surface area contributed by atoms with E-state index >= 15 is 0 Å². The summed E-state index contributed by atoms with van der Waals surface area (Å²) >= 11 is 1.50. The number of thiophene rings is 1. The molecule has 31 heavy (non-hydrogen) atoms. The molecule has 1 atom stereocenters. The van der Waals surface area contributed by atoms with Gasteiger partial charge in [-0.1, -0.05) is 36.4 Å². The highest BCUT2D eigenvalue weighted by Gasteiger charge is 2.17. The van der Waals surface area contributed by atoms with Crippen LogP contribution in [-0.4, -0.2) is 25.0 Å². The number of nitrogens with one attached hydrogen (secondary N) is 2. The molecule has 3 aromatic rings. The molecule has 160 valence electrons. The molecule has 0 bridgehead atoms. The van der Waals surface area contributed by atoms with Crippen molar-refractivity contribution >= 4 is 29.2 Å². The minimum absolute atomic E-state index is 0.0441. The zero-order valence-electron chi connectivity index (χ0n) is 17.6. The average molecular weight is 435 g/mol. The van der Waals surface area contributed by atoms with Crippen LogP contribution in [0.5, 0.6) is 5.75 Å². The number of carbonyl (C=O) groups is 2. The van der Waals surface area contributed by atoms with Crippen molar-refractivity contribution in [2.45, 2.75) is 25.8 Å². The summed E-state index contributed by atoms with van der Waals surface area (Å²) in [5, 5.41) is 7.69. The van der Waals surface area contributed by atoms with E-state index in [0.29, 0.717) is 11.3 Å². The van der Waals surface area contributed by atoms with Crippen LogP contribution in [0.15, 0.2) is 77.8 Å². The first-order valence-electron chi connectivity index (χ1n) is 10.1. The van der Waals surface area contributed by atoms with Gasteiger partial charge in [0.2, 0.25) is 0 Å². The molecule has 1 heterocycles. The first-order valence-corrected chi connectivity index (χ1v) is 11.0. The van der Waals surface area contributed by atoms with Gasteiger partial charge in [-0.2, -0.15) is 0 Å². The van der Waals surface area contributed by atoms with E-state index in [2.05, 4.69) is 22.8 Å². The number of hydrogen-bond donors (Lipinski definition) is 2. The number of hydrogen-bond acceptors (Lipinski definition) is 4. The maximum absolute atomic E-state index is 12.9. The highest BCUT2D eigenvalue weighted by atomic mass is 32.1. The van der Waals surface area contributed by atoms with Crippen molar-refractivity contribution in [3.8, 4) is 5.75 Å². The van der Waals surface area contributed by atoms with E-state index in [1.807, 2.05) is 42.6 Å². The number of ether oxygens (including phenoxy) is 1. The molecule has 0 aliphatic carbocycles. The number of amides is 2. The molecule has 6 heteroatoms. The van der Waals surface area contributed by atoms with Gasteiger partial charge in [-0.15, -0.1) is 11.3 Å². The molecule has 0 saturated carbocycles. The Labute approximate surface area is 186 Å². The quantitative estimate of drug-likeness (QED) is 0.481. The lowest BCUT2D eigenvalue weighted by Gasteiger charge is -2.16. The Morgan fingerprint density at radius 3 is 2.42 bits per heavy atom. The maximum atomic E-state index is 12.9. The molecule has 0 saturated heterocycles. The van der Waals surface area contributed by atoms with Gasteiger partial charge in [0.05, 0.1) is 7.11 Å². The van der Waals surface area contributed by atoms with Crippen LogP contribution in [0.1, 0.15) is 34.1 Å². The van der Waals surface area contributed by atoms with Gasteiger partial charge in [0.15, 0.2) is 0 Å². The van der Waals surface area contributed by atoms with Crippen molar-refractivity contribution in [3.63, 3.8) is 0 Å². The van der Waals surface area contributed by atoms with Crippen LogP contribution >= 0.6 is 11.3 Å². The van der Waals surface area contributed by atoms with Crippen LogP contribution in [-0.2, 0) is 11.2 Å². The second-order valence-corrected chi connectivity index (χ2v) is 8.13. The summed E-state index contributed by atoms with van der Waals surface area (Å²) in [5.41, 5.74) is 1.89. The minimum atomic E-state index is -0.349. The highest BCUT2D eigenvalue weighted by molar-refractivity contribution is 7.10. The first kappa shape index (κ1) is 22.3. The molecule has 2 aromatic carbocycles. The Kier molecular flexibility index (Phi) is 8.01. The van der Waals surface area contributed by atoms with E-state index in [1.165, 1.54) is 16.9 Å². The molecule has 0 aliphatic rings. The molecule has 2 N–H and O–H groups in total. The van der Waals surface area contributed by atoms with Crippen molar-refractivity contribution < 1.29 is 14.3 Å². The number of methoxy groups -OCH3 is 1. The van der Waals surface area contributed by atoms with Gasteiger partial charge in [-0.05, 0) is 67.1 Å². The molecule has 3 rings (SSSR count). The van der Waals surface area contributed by atoms with Gasteiger partial charge in [0, 0.05) is 16.5 Å². The van der Waals surface area contributed by atoms with Crippen LogP contribution < -0.4 is 15.4 Å². The summed E-state index contributed by atoms with van der Waals surface area (Å²) in [7, 11) is 1.57. The lowest BCUT2D eigenvalue weighted by molar-refractivity contribution is -0.118. The zero-order chi connectivity index (χ0) is 22.1. The summed E-state index contributed by atoms with van der Waals surface area (Å²) in [4.78, 5) is 26.5. The van der Waals surface area contributed by atoms with Gasteiger partial charge in [-0.25, -0.2) is 0 Å². The van der Waals surface area contributed by atoms with Crippen LogP contribution in [0, 0.1) is 0 Å². The number of carbonyl (C=O) groups excluding carboxylic acids is 2. The molecule has 0 spiro atoms. The molecular weight excluding hydrogens is 408 g/mol. The Bertz CT molecular complexity index is 1010. The van der Waals surface area contributed by atoms with E-state index in [-0.39, 0.29) is 23.6 Å². The molecule has 0 fully saturated rings. The van der Waals surface area contributed by atoms with E-state index in [0.717, 1.165) is 17.7 Å². The second kappa shape index (κ2) is 11.1. The molecule has 0 unspecified atom stereocenters. The Morgan fingerprint density at radius 2 is 1.77 bits per heavy atom. The summed E-state index contributed by atoms with van der Waals surface area (Å²) in [6.45, 7) is 1.97. The molecule has 1 aromatic heterocycles. The lowest BCUT2D eigenvalue weighted by atomic mass is 10.1. The molecule has 0 aliphatic heterocycles. The third-order valence-electron chi connectivity index (χ3n) is 4.76. The van der Waals surface area contributed by atoms with Crippen LogP contribution in [0.3, 0.4) is 0 Å². The third-order valence-corrected chi connectivity index (χ3v) is 5.58. The molecule has 2 amide bonds. The van der Waals surface area contributed by atoms with E-state index < -0.39 is 0 Å². The predicted molar refractivity (Wildman–Crippen MR) is 125 cm³/mol. The van der Waals surface area contributed by atoms with Crippen LogP contribution in [0.4, 0.5) is 0 Å². The highest BCUT2D eigenvalue weighted by Crippen LogP contribution is 2.15. The lowest BCUT2D eigenvalue weighted by Crippen LogP contribution is -2.39. The average Bonchev–Trinajstić information content (AvgIpc) is 3.31. The van der Waals surface area contributed by atoms with Gasteiger partial charge in [0.1, 0.15) is 11.4 Å². The smallest absolute Gasteiger partial charge is 0.268 e. The SMILES string of the molecule is COc1ccc(C(=O)N/C(=C\c2cccs2)C(=O)N[C@@H](C)CCc2ccccc2)cc1. The standard InChI is InChI=1S/C25H26N2O3S/c1-18(10-11-19-7-4-3-5-8-19)26-25(29)23(17-22-9-6-16-31-22)27-24(28)20-12-14-21(30-2)15-13-20/h3-9,12-18H,10-11H2,1-2H3,(H,26,29)(H,27,28)/b23-17-/t18-/m0/s1. The normalized spacial score (nSPS) is 12.1. The summed E-state index contributed by atoms with van der Waals surface area (Å²) in [6.07, 6.45) is 3.37. The maximum Gasteiger partial charge on any atom is 0.268 e. The number of benzene rings is 2. The van der Waals surface area contributed by atoms with Gasteiger partial charge in [-0.3, -0.25) is 9.59 Å². The van der Waals surface area contributed by atoms with E-state index in [4.69, 9.17) is 4.74 Å². The molecular formula is C25H26N2O3S. The van der Waals surface area contributed by atoms with Crippen molar-refractivity contribution in [1.82, 2.24) is 10.6 Å². The second-order valence-electron chi connectivity index (χ2n) is 7.15. The van der Waals surface area contributed by atoms with Crippen molar-refractivity contribution in [3.05, 3.63) is 93.8 Å². The molecule has 0 radical (unpaired) electrons. The monoisotopic (exact) mass is 434 g/mol. The topological polar surface area (TPSA) is 67.4 Å². The summed E-state index contributed by atoms with van der Waals surface area (Å²) < 4.78 is 5.13. The zero-order valence-corrected chi connectivity index (χ0v) is 18.4. The van der Waals surface area contributed by atoms with Gasteiger partial charge in [0.25, 0.3) is 11.8 Å². The van der Waals surface area contributed by atoms with Gasteiger partial charge >= 0.3 is 0 Å². The Hall–Kier alpha value is -3.38. The van der Waals surface area contributed by atoms with Crippen LogP contribution in [0.25, 0.3) is 6.08 Å². The Balaban J connectivity index is 1.67. The summed E-state index contributed by atoms with van der Waals surface area (Å²) in [5.74, 6) is 0.00394. The number of rotatable bonds is 9. The fourth-order valence-electron chi connectivity index (χ4n) is 3.01. The van der Waals surface area contributed by atoms with Crippen molar-refractivity contribution in [1.29, 1.82) is 0 Å². The fourth-order valence-corrected chi connectivity index (χ4v) is 3.67. The fraction of sp³-hybridized carbons (Fsp3) is 0.200. The van der Waals surface area contributed by atoms with Crippen LogP contribution in [0.2, 0.25) is 0 Å². The summed E-state index contributed by atoms with van der Waals surface area (Å²) in [6, 6.07) is 20.7.